The number of nitriles is 1. The predicted molar refractivity (Wildman–Crippen MR) is 109 cm³/mol. The monoisotopic (exact) mass is 406 g/mol. The number of carbonyl (C=O) groups excluding carboxylic acids is 1. The molecular weight excluding hydrogens is 388 g/mol. The number of thioether (sulfide) groups is 1. The summed E-state index contributed by atoms with van der Waals surface area (Å²) < 4.78 is 10.4. The minimum atomic E-state index is -0.379. The van der Waals surface area contributed by atoms with Gasteiger partial charge in [0.05, 0.1) is 12.7 Å². The van der Waals surface area contributed by atoms with Gasteiger partial charge in [0.15, 0.2) is 5.16 Å². The fourth-order valence-electron chi connectivity index (χ4n) is 2.47. The minimum Gasteiger partial charge on any atom is -0.487 e. The molecule has 2 aromatic carbocycles. The Morgan fingerprint density at radius 1 is 1.14 bits per heavy atom. The zero-order chi connectivity index (χ0) is 20.6. The number of hydrogen-bond acceptors (Lipinski definition) is 8. The van der Waals surface area contributed by atoms with Crippen LogP contribution in [-0.4, -0.2) is 23.0 Å². The van der Waals surface area contributed by atoms with Gasteiger partial charge in [-0.05, 0) is 29.8 Å². The molecule has 146 valence electrons. The lowest BCUT2D eigenvalue weighted by Crippen LogP contribution is -2.08. The standard InChI is InChI=1S/C21H18N4O3S/c1-27-20(26)15-9-7-14(8-10-15)13-29-21-24-18(17(11-22)19(23)25-21)12-28-16-5-3-2-4-6-16/h2-10H,12-13H2,1H3,(H2,23,24,25). The molecule has 7 nitrogen and oxygen atoms in total. The van der Waals surface area contributed by atoms with Gasteiger partial charge in [-0.25, -0.2) is 14.8 Å². The van der Waals surface area contributed by atoms with E-state index in [1.807, 2.05) is 48.5 Å². The summed E-state index contributed by atoms with van der Waals surface area (Å²) in [5.74, 6) is 0.993. The first-order valence-corrected chi connectivity index (χ1v) is 9.63. The summed E-state index contributed by atoms with van der Waals surface area (Å²) in [5, 5.41) is 9.83. The van der Waals surface area contributed by atoms with E-state index in [1.54, 1.807) is 12.1 Å². The van der Waals surface area contributed by atoms with Crippen molar-refractivity contribution in [3.63, 3.8) is 0 Å². The van der Waals surface area contributed by atoms with Gasteiger partial charge in [0.1, 0.15) is 35.5 Å². The lowest BCUT2D eigenvalue weighted by Gasteiger charge is -2.10. The number of ether oxygens (including phenoxy) is 2. The highest BCUT2D eigenvalue weighted by Crippen LogP contribution is 2.24. The third kappa shape index (κ3) is 5.24. The second kappa shape index (κ2) is 9.57. The molecule has 3 aromatic rings. The van der Waals surface area contributed by atoms with E-state index in [4.69, 9.17) is 15.2 Å². The molecule has 29 heavy (non-hydrogen) atoms. The van der Waals surface area contributed by atoms with E-state index in [-0.39, 0.29) is 24.0 Å². The van der Waals surface area contributed by atoms with E-state index in [2.05, 4.69) is 9.97 Å². The molecule has 0 fully saturated rings. The van der Waals surface area contributed by atoms with Gasteiger partial charge in [-0.3, -0.25) is 0 Å². The van der Waals surface area contributed by atoms with Gasteiger partial charge < -0.3 is 15.2 Å². The van der Waals surface area contributed by atoms with Crippen molar-refractivity contribution in [2.75, 3.05) is 12.8 Å². The van der Waals surface area contributed by atoms with E-state index >= 15 is 0 Å². The molecule has 0 saturated heterocycles. The van der Waals surface area contributed by atoms with Crippen LogP contribution in [0.2, 0.25) is 0 Å². The summed E-state index contributed by atoms with van der Waals surface area (Å²) in [4.78, 5) is 20.2. The summed E-state index contributed by atoms with van der Waals surface area (Å²) in [6.07, 6.45) is 0. The summed E-state index contributed by atoms with van der Waals surface area (Å²) in [5.41, 5.74) is 8.07. The van der Waals surface area contributed by atoms with Crippen LogP contribution in [0, 0.1) is 11.3 Å². The van der Waals surface area contributed by atoms with Crippen LogP contribution in [0.5, 0.6) is 5.75 Å². The van der Waals surface area contributed by atoms with E-state index in [0.29, 0.717) is 27.9 Å². The summed E-state index contributed by atoms with van der Waals surface area (Å²) in [7, 11) is 1.35. The number of esters is 1. The molecule has 0 spiro atoms. The fraction of sp³-hybridized carbons (Fsp3) is 0.143. The van der Waals surface area contributed by atoms with Crippen LogP contribution in [0.1, 0.15) is 27.2 Å². The Morgan fingerprint density at radius 2 is 1.86 bits per heavy atom. The maximum Gasteiger partial charge on any atom is 0.337 e. The van der Waals surface area contributed by atoms with Crippen molar-refractivity contribution in [3.05, 3.63) is 77.0 Å². The maximum absolute atomic E-state index is 11.5. The number of nitrogen functional groups attached to an aromatic ring is 1. The molecule has 0 atom stereocenters. The molecule has 8 heteroatoms. The molecule has 0 saturated carbocycles. The molecule has 0 radical (unpaired) electrons. The second-order valence-corrected chi connectivity index (χ2v) is 6.85. The van der Waals surface area contributed by atoms with Gasteiger partial charge >= 0.3 is 5.97 Å². The molecule has 0 aliphatic heterocycles. The molecule has 0 unspecified atom stereocenters. The predicted octanol–water partition coefficient (Wildman–Crippen LogP) is 3.59. The van der Waals surface area contributed by atoms with Crippen molar-refractivity contribution in [2.24, 2.45) is 0 Å². The highest BCUT2D eigenvalue weighted by molar-refractivity contribution is 7.98. The van der Waals surface area contributed by atoms with Gasteiger partial charge in [0, 0.05) is 5.75 Å². The summed E-state index contributed by atoms with van der Waals surface area (Å²) in [6, 6.07) is 18.4. The topological polar surface area (TPSA) is 111 Å². The van der Waals surface area contributed by atoms with Crippen molar-refractivity contribution < 1.29 is 14.3 Å². The van der Waals surface area contributed by atoms with Crippen molar-refractivity contribution in [1.29, 1.82) is 5.26 Å². The highest BCUT2D eigenvalue weighted by Gasteiger charge is 2.14. The van der Waals surface area contributed by atoms with Crippen LogP contribution in [-0.2, 0) is 17.1 Å². The van der Waals surface area contributed by atoms with Gasteiger partial charge in [0.2, 0.25) is 0 Å². The molecule has 0 amide bonds. The van der Waals surface area contributed by atoms with Crippen molar-refractivity contribution in [2.45, 2.75) is 17.5 Å². The SMILES string of the molecule is COC(=O)c1ccc(CSc2nc(N)c(C#N)c(COc3ccccc3)n2)cc1. The first-order chi connectivity index (χ1) is 14.1. The normalized spacial score (nSPS) is 10.2. The number of anilines is 1. The van der Waals surface area contributed by atoms with Gasteiger partial charge in [0.25, 0.3) is 0 Å². The third-order valence-corrected chi connectivity index (χ3v) is 4.88. The zero-order valence-electron chi connectivity index (χ0n) is 15.7. The maximum atomic E-state index is 11.5. The van der Waals surface area contributed by atoms with Crippen LogP contribution in [0.25, 0.3) is 0 Å². The van der Waals surface area contributed by atoms with E-state index in [9.17, 15) is 10.1 Å². The van der Waals surface area contributed by atoms with Crippen molar-refractivity contribution >= 4 is 23.5 Å². The summed E-state index contributed by atoms with van der Waals surface area (Å²) in [6.45, 7) is 0.112. The molecule has 0 aliphatic carbocycles. The molecular formula is C21H18N4O3S. The average Bonchev–Trinajstić information content (AvgIpc) is 2.76. The van der Waals surface area contributed by atoms with E-state index in [0.717, 1.165) is 5.56 Å². The zero-order valence-corrected chi connectivity index (χ0v) is 16.5. The minimum absolute atomic E-state index is 0.112. The lowest BCUT2D eigenvalue weighted by atomic mass is 10.1. The average molecular weight is 406 g/mol. The third-order valence-electron chi connectivity index (χ3n) is 3.96. The molecule has 2 N–H and O–H groups in total. The number of nitrogens with two attached hydrogens (primary N) is 1. The Labute approximate surface area is 172 Å². The number of benzene rings is 2. The number of para-hydroxylation sites is 1. The van der Waals surface area contributed by atoms with Gasteiger partial charge in [-0.1, -0.05) is 42.1 Å². The first kappa shape index (κ1) is 20.2. The van der Waals surface area contributed by atoms with E-state index in [1.165, 1.54) is 18.9 Å². The Bertz CT molecular complexity index is 1030. The number of rotatable bonds is 7. The van der Waals surface area contributed by atoms with Crippen LogP contribution >= 0.6 is 11.8 Å². The number of aromatic nitrogens is 2. The fourth-order valence-corrected chi connectivity index (χ4v) is 3.29. The van der Waals surface area contributed by atoms with E-state index < -0.39 is 0 Å². The largest absolute Gasteiger partial charge is 0.487 e. The quantitative estimate of drug-likeness (QED) is 0.360. The highest BCUT2D eigenvalue weighted by atomic mass is 32.2. The van der Waals surface area contributed by atoms with Crippen LogP contribution < -0.4 is 10.5 Å². The van der Waals surface area contributed by atoms with Crippen molar-refractivity contribution in [3.8, 4) is 11.8 Å². The molecule has 0 bridgehead atoms. The number of hydrogen-bond donors (Lipinski definition) is 1. The van der Waals surface area contributed by atoms with Gasteiger partial charge in [-0.15, -0.1) is 0 Å². The number of carbonyl (C=O) groups is 1. The first-order valence-electron chi connectivity index (χ1n) is 8.65. The lowest BCUT2D eigenvalue weighted by molar-refractivity contribution is 0.0600. The second-order valence-electron chi connectivity index (χ2n) is 5.90. The Balaban J connectivity index is 1.71. The van der Waals surface area contributed by atoms with Crippen LogP contribution in [0.15, 0.2) is 59.8 Å². The smallest absolute Gasteiger partial charge is 0.337 e. The van der Waals surface area contributed by atoms with Gasteiger partial charge in [-0.2, -0.15) is 5.26 Å². The molecule has 1 heterocycles. The van der Waals surface area contributed by atoms with Crippen molar-refractivity contribution in [1.82, 2.24) is 9.97 Å². The summed E-state index contributed by atoms with van der Waals surface area (Å²) >= 11 is 1.38. The molecule has 0 aliphatic rings. The Hall–Kier alpha value is -3.57. The number of methoxy groups -OCH3 is 1. The molecule has 1 aromatic heterocycles. The Morgan fingerprint density at radius 3 is 2.52 bits per heavy atom. The Kier molecular flexibility index (Phi) is 6.66. The molecule has 3 rings (SSSR count). The van der Waals surface area contributed by atoms with Crippen LogP contribution in [0.4, 0.5) is 5.82 Å². The van der Waals surface area contributed by atoms with Crippen LogP contribution in [0.3, 0.4) is 0 Å². The number of nitrogens with zero attached hydrogens (tertiary/aromatic N) is 3.